The minimum Gasteiger partial charge on any atom is -0.308 e. The van der Waals surface area contributed by atoms with Gasteiger partial charge in [0.2, 0.25) is 0 Å². The first-order valence-corrected chi connectivity index (χ1v) is 19.0. The summed E-state index contributed by atoms with van der Waals surface area (Å²) < 4.78 is 91.2. The van der Waals surface area contributed by atoms with Crippen LogP contribution in [0.5, 0.6) is 0 Å². The molecule has 0 aliphatic rings. The second-order valence-electron chi connectivity index (χ2n) is 14.7. The van der Waals surface area contributed by atoms with Crippen LogP contribution in [0, 0.1) is 0 Å². The van der Waals surface area contributed by atoms with Crippen LogP contribution in [0.15, 0.2) is 176 Å². The Balaban J connectivity index is 1.37. The maximum atomic E-state index is 14.1. The Morgan fingerprint density at radius 1 is 0.305 bits per heavy atom. The Labute approximate surface area is 332 Å². The van der Waals surface area contributed by atoms with Gasteiger partial charge in [0.15, 0.2) is 0 Å². The van der Waals surface area contributed by atoms with E-state index in [0.29, 0.717) is 5.69 Å². The number of para-hydroxylation sites is 5. The number of benzene rings is 8. The molecule has 0 fully saturated rings. The Hall–Kier alpha value is -7.26. The number of rotatable bonds is 4. The van der Waals surface area contributed by atoms with Crippen molar-refractivity contribution in [2.75, 3.05) is 0 Å². The number of nitrogens with zero attached hydrogens (tertiary/aromatic N) is 3. The van der Waals surface area contributed by atoms with Crippen LogP contribution >= 0.6 is 0 Å². The van der Waals surface area contributed by atoms with Gasteiger partial charge in [0.1, 0.15) is 0 Å². The van der Waals surface area contributed by atoms with Crippen LogP contribution in [-0.4, -0.2) is 13.7 Å². The van der Waals surface area contributed by atoms with Crippen molar-refractivity contribution in [1.82, 2.24) is 13.7 Å². The third kappa shape index (κ3) is 5.24. The van der Waals surface area contributed by atoms with Gasteiger partial charge in [-0.3, -0.25) is 0 Å². The van der Waals surface area contributed by atoms with Crippen molar-refractivity contribution in [2.24, 2.45) is 0 Å². The standard InChI is InChI=1S/C50H29F6N3/c51-49(52,53)32-26-31(27-33(29-32)50(54,55)56)30-14-13-19-36(28-30)59-42-25-12-9-22-39(42)45-47-43(37-20-7-10-23-40(37)57(47)34-15-3-1-4-16-34)46-44(48(45)59)38-21-8-11-24-41(38)58(46)35-17-5-2-6-18-35/h1-29H. The average Bonchev–Trinajstić information content (AvgIpc) is 3.90. The van der Waals surface area contributed by atoms with Gasteiger partial charge in [0.05, 0.1) is 44.2 Å². The van der Waals surface area contributed by atoms with E-state index in [-0.39, 0.29) is 17.2 Å². The lowest BCUT2D eigenvalue weighted by Gasteiger charge is -2.16. The molecule has 0 amide bonds. The lowest BCUT2D eigenvalue weighted by atomic mass is 9.98. The highest BCUT2D eigenvalue weighted by Crippen LogP contribution is 2.50. The molecule has 3 nitrogen and oxygen atoms in total. The second kappa shape index (κ2) is 12.6. The Morgan fingerprint density at radius 3 is 1.07 bits per heavy atom. The monoisotopic (exact) mass is 785 g/mol. The topological polar surface area (TPSA) is 14.8 Å². The summed E-state index contributed by atoms with van der Waals surface area (Å²) in [5.41, 5.74) is 5.43. The highest BCUT2D eigenvalue weighted by molar-refractivity contribution is 6.40. The number of alkyl halides is 6. The van der Waals surface area contributed by atoms with E-state index in [4.69, 9.17) is 0 Å². The molecule has 0 unspecified atom stereocenters. The Morgan fingerprint density at radius 2 is 0.661 bits per heavy atom. The first-order valence-electron chi connectivity index (χ1n) is 19.0. The van der Waals surface area contributed by atoms with E-state index in [1.807, 2.05) is 78.9 Å². The largest absolute Gasteiger partial charge is 0.416 e. The number of fused-ring (bicyclic) bond motifs is 12. The maximum Gasteiger partial charge on any atom is 0.416 e. The Bertz CT molecular complexity index is 3360. The van der Waals surface area contributed by atoms with E-state index in [1.165, 1.54) is 0 Å². The summed E-state index contributed by atoms with van der Waals surface area (Å²) >= 11 is 0. The van der Waals surface area contributed by atoms with Gasteiger partial charge in [-0.05, 0) is 83.9 Å². The number of hydrogen-bond donors (Lipinski definition) is 0. The molecule has 0 radical (unpaired) electrons. The molecular weight excluding hydrogens is 757 g/mol. The molecule has 0 saturated carbocycles. The van der Waals surface area contributed by atoms with Crippen LogP contribution in [0.25, 0.3) is 93.6 Å². The SMILES string of the molecule is FC(F)(F)c1cc(-c2cccc(-n3c4ccccc4c4c5c(c6ccccc6n5-c5ccccc5)c5c(c6ccccc6n5-c5ccccc5)c43)c2)cc(C(F)(F)F)c1. The van der Waals surface area contributed by atoms with Gasteiger partial charge in [-0.25, -0.2) is 0 Å². The molecule has 3 heterocycles. The summed E-state index contributed by atoms with van der Waals surface area (Å²) in [6, 6.07) is 53.5. The highest BCUT2D eigenvalue weighted by atomic mass is 19.4. The fraction of sp³-hybridized carbons (Fsp3) is 0.0400. The summed E-state index contributed by atoms with van der Waals surface area (Å²) in [6.45, 7) is 0. The third-order valence-corrected chi connectivity index (χ3v) is 11.4. The summed E-state index contributed by atoms with van der Waals surface area (Å²) in [6.07, 6.45) is -9.97. The normalized spacial score (nSPS) is 12.6. The van der Waals surface area contributed by atoms with E-state index >= 15 is 0 Å². The summed E-state index contributed by atoms with van der Waals surface area (Å²) in [7, 11) is 0. The van der Waals surface area contributed by atoms with Crippen LogP contribution in [0.1, 0.15) is 11.1 Å². The summed E-state index contributed by atoms with van der Waals surface area (Å²) in [5, 5.41) is 5.96. The molecule has 8 aromatic carbocycles. The van der Waals surface area contributed by atoms with Gasteiger partial charge in [-0.2, -0.15) is 26.3 Å². The van der Waals surface area contributed by atoms with Crippen LogP contribution in [0.4, 0.5) is 26.3 Å². The van der Waals surface area contributed by atoms with Crippen LogP contribution < -0.4 is 0 Å². The first kappa shape index (κ1) is 34.9. The molecular formula is C50H29F6N3. The van der Waals surface area contributed by atoms with Crippen molar-refractivity contribution in [3.8, 4) is 28.2 Å². The minimum absolute atomic E-state index is 0.163. The minimum atomic E-state index is -4.98. The molecule has 0 aliphatic carbocycles. The molecule has 0 spiro atoms. The average molecular weight is 786 g/mol. The van der Waals surface area contributed by atoms with E-state index < -0.39 is 23.5 Å². The van der Waals surface area contributed by atoms with E-state index in [0.717, 1.165) is 88.9 Å². The molecule has 0 atom stereocenters. The van der Waals surface area contributed by atoms with Crippen molar-refractivity contribution < 1.29 is 26.3 Å². The zero-order valence-electron chi connectivity index (χ0n) is 30.9. The maximum absolute atomic E-state index is 14.1. The van der Waals surface area contributed by atoms with Crippen molar-refractivity contribution in [3.63, 3.8) is 0 Å². The van der Waals surface area contributed by atoms with Gasteiger partial charge in [-0.15, -0.1) is 0 Å². The molecule has 9 heteroatoms. The van der Waals surface area contributed by atoms with Gasteiger partial charge in [0.25, 0.3) is 0 Å². The molecule has 286 valence electrons. The van der Waals surface area contributed by atoms with Gasteiger partial charge >= 0.3 is 12.4 Å². The lowest BCUT2D eigenvalue weighted by Crippen LogP contribution is -2.11. The fourth-order valence-corrected chi connectivity index (χ4v) is 9.05. The van der Waals surface area contributed by atoms with Crippen LogP contribution in [-0.2, 0) is 12.4 Å². The molecule has 59 heavy (non-hydrogen) atoms. The van der Waals surface area contributed by atoms with Gasteiger partial charge in [0, 0.05) is 49.4 Å². The predicted octanol–water partition coefficient (Wildman–Crippen LogP) is 14.7. The Kier molecular flexibility index (Phi) is 7.47. The smallest absolute Gasteiger partial charge is 0.308 e. The first-order chi connectivity index (χ1) is 28.6. The number of aromatic nitrogens is 3. The number of halogens is 6. The zero-order chi connectivity index (χ0) is 40.2. The van der Waals surface area contributed by atoms with Crippen LogP contribution in [0.3, 0.4) is 0 Å². The van der Waals surface area contributed by atoms with Crippen LogP contribution in [0.2, 0.25) is 0 Å². The molecule has 3 aromatic heterocycles. The second-order valence-corrected chi connectivity index (χ2v) is 14.7. The predicted molar refractivity (Wildman–Crippen MR) is 225 cm³/mol. The van der Waals surface area contributed by atoms with E-state index in [1.54, 1.807) is 18.2 Å². The molecule has 0 N–H and O–H groups in total. The fourth-order valence-electron chi connectivity index (χ4n) is 9.05. The molecule has 11 aromatic rings. The van der Waals surface area contributed by atoms with E-state index in [9.17, 15) is 26.3 Å². The van der Waals surface area contributed by atoms with Crippen molar-refractivity contribution in [1.29, 1.82) is 0 Å². The van der Waals surface area contributed by atoms with Gasteiger partial charge < -0.3 is 13.7 Å². The lowest BCUT2D eigenvalue weighted by molar-refractivity contribution is -0.143. The molecule has 11 rings (SSSR count). The van der Waals surface area contributed by atoms with Gasteiger partial charge in [-0.1, -0.05) is 103 Å². The molecule has 0 bridgehead atoms. The number of hydrogen-bond acceptors (Lipinski definition) is 0. The highest BCUT2D eigenvalue weighted by Gasteiger charge is 2.37. The third-order valence-electron chi connectivity index (χ3n) is 11.4. The molecule has 0 aliphatic heterocycles. The zero-order valence-corrected chi connectivity index (χ0v) is 30.9. The summed E-state index contributed by atoms with van der Waals surface area (Å²) in [4.78, 5) is 0. The quantitative estimate of drug-likeness (QED) is 0.158. The van der Waals surface area contributed by atoms with E-state index in [2.05, 4.69) is 74.4 Å². The van der Waals surface area contributed by atoms with Crippen molar-refractivity contribution in [3.05, 3.63) is 187 Å². The summed E-state index contributed by atoms with van der Waals surface area (Å²) in [5.74, 6) is 0. The molecule has 0 saturated heterocycles. The van der Waals surface area contributed by atoms with Crippen molar-refractivity contribution >= 4 is 65.4 Å². The van der Waals surface area contributed by atoms with Crippen molar-refractivity contribution in [2.45, 2.75) is 12.4 Å².